The van der Waals surface area contributed by atoms with E-state index >= 15 is 0 Å². The van der Waals surface area contributed by atoms with Crippen LogP contribution in [-0.2, 0) is 10.0 Å². The highest BCUT2D eigenvalue weighted by atomic mass is 32.2. The highest BCUT2D eigenvalue weighted by molar-refractivity contribution is 7.89. The van der Waals surface area contributed by atoms with Crippen molar-refractivity contribution in [2.45, 2.75) is 32.7 Å². The summed E-state index contributed by atoms with van der Waals surface area (Å²) < 4.78 is 24.7. The molecule has 12 heavy (non-hydrogen) atoms. The van der Waals surface area contributed by atoms with Crippen molar-refractivity contribution in [1.29, 1.82) is 0 Å². The van der Waals surface area contributed by atoms with Crippen LogP contribution < -0.4 is 10.5 Å². The monoisotopic (exact) mass is 194 g/mol. The van der Waals surface area contributed by atoms with Crippen LogP contribution in [0, 0.1) is 0 Å². The van der Waals surface area contributed by atoms with Gasteiger partial charge in [0.1, 0.15) is 0 Å². The molecule has 0 aliphatic rings. The Morgan fingerprint density at radius 3 is 2.33 bits per heavy atom. The SMILES string of the molecule is CCCC(CN)NS(=O)(=O)CC. The van der Waals surface area contributed by atoms with Gasteiger partial charge in [-0.15, -0.1) is 0 Å². The van der Waals surface area contributed by atoms with Gasteiger partial charge in [0.05, 0.1) is 5.75 Å². The van der Waals surface area contributed by atoms with Crippen molar-refractivity contribution in [3.63, 3.8) is 0 Å². The molecular formula is C7H18N2O2S. The Kier molecular flexibility index (Phi) is 5.44. The smallest absolute Gasteiger partial charge is 0.211 e. The van der Waals surface area contributed by atoms with Crippen LogP contribution in [0.4, 0.5) is 0 Å². The molecule has 1 atom stereocenters. The Labute approximate surface area is 74.6 Å². The van der Waals surface area contributed by atoms with Gasteiger partial charge >= 0.3 is 0 Å². The van der Waals surface area contributed by atoms with Gasteiger partial charge in [-0.1, -0.05) is 13.3 Å². The molecule has 0 aliphatic carbocycles. The van der Waals surface area contributed by atoms with Crippen LogP contribution >= 0.6 is 0 Å². The Hall–Kier alpha value is -0.130. The predicted molar refractivity (Wildman–Crippen MR) is 50.3 cm³/mol. The summed E-state index contributed by atoms with van der Waals surface area (Å²) in [5, 5.41) is 0. The summed E-state index contributed by atoms with van der Waals surface area (Å²) in [4.78, 5) is 0. The summed E-state index contributed by atoms with van der Waals surface area (Å²) >= 11 is 0. The second kappa shape index (κ2) is 5.50. The number of rotatable bonds is 6. The van der Waals surface area contributed by atoms with Crippen molar-refractivity contribution in [3.05, 3.63) is 0 Å². The van der Waals surface area contributed by atoms with Gasteiger partial charge in [-0.3, -0.25) is 0 Å². The summed E-state index contributed by atoms with van der Waals surface area (Å²) in [7, 11) is -3.08. The van der Waals surface area contributed by atoms with Crippen molar-refractivity contribution in [1.82, 2.24) is 4.72 Å². The zero-order valence-electron chi connectivity index (χ0n) is 7.71. The van der Waals surface area contributed by atoms with Crippen LogP contribution in [0.25, 0.3) is 0 Å². The maximum Gasteiger partial charge on any atom is 0.211 e. The van der Waals surface area contributed by atoms with Gasteiger partial charge in [0.15, 0.2) is 0 Å². The van der Waals surface area contributed by atoms with Gasteiger partial charge in [0.2, 0.25) is 10.0 Å². The van der Waals surface area contributed by atoms with E-state index in [0.717, 1.165) is 12.8 Å². The van der Waals surface area contributed by atoms with Gasteiger partial charge in [-0.2, -0.15) is 0 Å². The fourth-order valence-electron chi connectivity index (χ4n) is 0.911. The maximum absolute atomic E-state index is 11.1. The Morgan fingerprint density at radius 1 is 1.42 bits per heavy atom. The second-order valence-corrected chi connectivity index (χ2v) is 4.79. The lowest BCUT2D eigenvalue weighted by Crippen LogP contribution is -2.40. The third-order valence-electron chi connectivity index (χ3n) is 1.65. The molecular weight excluding hydrogens is 176 g/mol. The molecule has 3 N–H and O–H groups in total. The van der Waals surface area contributed by atoms with E-state index in [1.807, 2.05) is 6.92 Å². The normalized spacial score (nSPS) is 14.6. The quantitative estimate of drug-likeness (QED) is 0.627. The molecule has 4 nitrogen and oxygen atoms in total. The lowest BCUT2D eigenvalue weighted by atomic mass is 10.2. The minimum Gasteiger partial charge on any atom is -0.329 e. The second-order valence-electron chi connectivity index (χ2n) is 2.74. The van der Waals surface area contributed by atoms with E-state index in [2.05, 4.69) is 4.72 Å². The van der Waals surface area contributed by atoms with Crippen molar-refractivity contribution in [3.8, 4) is 0 Å². The minimum atomic E-state index is -3.08. The summed E-state index contributed by atoms with van der Waals surface area (Å²) in [6, 6.07) is -0.0973. The number of nitrogens with one attached hydrogen (secondary N) is 1. The van der Waals surface area contributed by atoms with E-state index in [1.54, 1.807) is 6.92 Å². The standard InChI is InChI=1S/C7H18N2O2S/c1-3-5-7(6-8)9-12(10,11)4-2/h7,9H,3-6,8H2,1-2H3. The molecule has 0 saturated heterocycles. The third-order valence-corrected chi connectivity index (χ3v) is 3.10. The first-order valence-corrected chi connectivity index (χ1v) is 5.91. The Bertz CT molecular complexity index is 201. The third kappa shape index (κ3) is 4.69. The van der Waals surface area contributed by atoms with Crippen molar-refractivity contribution in [2.75, 3.05) is 12.3 Å². The van der Waals surface area contributed by atoms with E-state index < -0.39 is 10.0 Å². The molecule has 1 unspecified atom stereocenters. The Balaban J connectivity index is 4.02. The first-order valence-electron chi connectivity index (χ1n) is 4.25. The molecule has 0 aromatic heterocycles. The van der Waals surface area contributed by atoms with Gasteiger partial charge in [-0.25, -0.2) is 13.1 Å². The number of sulfonamides is 1. The molecule has 0 radical (unpaired) electrons. The topological polar surface area (TPSA) is 72.2 Å². The van der Waals surface area contributed by atoms with Crippen LogP contribution in [0.3, 0.4) is 0 Å². The van der Waals surface area contributed by atoms with Crippen LogP contribution in [-0.4, -0.2) is 26.8 Å². The number of nitrogens with two attached hydrogens (primary N) is 1. The number of hydrogen-bond acceptors (Lipinski definition) is 3. The zero-order chi connectivity index (χ0) is 9.61. The summed E-state index contributed by atoms with van der Waals surface area (Å²) in [6.45, 7) is 3.98. The predicted octanol–water partition coefficient (Wildman–Crippen LogP) is 0.0531. The molecule has 0 fully saturated rings. The maximum atomic E-state index is 11.1. The molecule has 74 valence electrons. The summed E-state index contributed by atoms with van der Waals surface area (Å²) in [6.07, 6.45) is 1.74. The molecule has 5 heteroatoms. The van der Waals surface area contributed by atoms with E-state index in [-0.39, 0.29) is 11.8 Å². The first-order chi connectivity index (χ1) is 5.55. The van der Waals surface area contributed by atoms with E-state index in [1.165, 1.54) is 0 Å². The molecule has 0 spiro atoms. The Morgan fingerprint density at radius 2 is 2.00 bits per heavy atom. The van der Waals surface area contributed by atoms with Gasteiger partial charge < -0.3 is 5.73 Å². The highest BCUT2D eigenvalue weighted by Gasteiger charge is 2.13. The van der Waals surface area contributed by atoms with Crippen LogP contribution in [0.2, 0.25) is 0 Å². The lowest BCUT2D eigenvalue weighted by Gasteiger charge is -2.14. The van der Waals surface area contributed by atoms with E-state index in [0.29, 0.717) is 6.54 Å². The summed E-state index contributed by atoms with van der Waals surface area (Å²) in [5.41, 5.74) is 5.39. The molecule has 0 aromatic carbocycles. The first kappa shape index (κ1) is 11.9. The molecule has 0 bridgehead atoms. The van der Waals surface area contributed by atoms with Gasteiger partial charge in [0, 0.05) is 12.6 Å². The fourth-order valence-corrected chi connectivity index (χ4v) is 1.80. The minimum absolute atomic E-state index is 0.0973. The van der Waals surface area contributed by atoms with Crippen molar-refractivity contribution >= 4 is 10.0 Å². The molecule has 0 saturated carbocycles. The van der Waals surface area contributed by atoms with E-state index in [4.69, 9.17) is 5.73 Å². The zero-order valence-corrected chi connectivity index (χ0v) is 8.52. The molecule has 0 rings (SSSR count). The van der Waals surface area contributed by atoms with Gasteiger partial charge in [0.25, 0.3) is 0 Å². The van der Waals surface area contributed by atoms with E-state index in [9.17, 15) is 8.42 Å². The average Bonchev–Trinajstić information content (AvgIpc) is 2.03. The molecule has 0 amide bonds. The van der Waals surface area contributed by atoms with Crippen LogP contribution in [0.1, 0.15) is 26.7 Å². The largest absolute Gasteiger partial charge is 0.329 e. The molecule has 0 aliphatic heterocycles. The average molecular weight is 194 g/mol. The van der Waals surface area contributed by atoms with Crippen molar-refractivity contribution < 1.29 is 8.42 Å². The van der Waals surface area contributed by atoms with Crippen molar-refractivity contribution in [2.24, 2.45) is 5.73 Å². The van der Waals surface area contributed by atoms with Crippen LogP contribution in [0.15, 0.2) is 0 Å². The molecule has 0 aromatic rings. The molecule has 0 heterocycles. The fraction of sp³-hybridized carbons (Fsp3) is 1.00. The van der Waals surface area contributed by atoms with Gasteiger partial charge in [-0.05, 0) is 13.3 Å². The number of hydrogen-bond donors (Lipinski definition) is 2. The van der Waals surface area contributed by atoms with Crippen LogP contribution in [0.5, 0.6) is 0 Å². The highest BCUT2D eigenvalue weighted by Crippen LogP contribution is 1.97. The summed E-state index contributed by atoms with van der Waals surface area (Å²) in [5.74, 6) is 0.118. The lowest BCUT2D eigenvalue weighted by molar-refractivity contribution is 0.528.